The number of carboxylic acid groups (broad SMARTS) is 1. The SMILES string of the molecule is CC(C)(C)C(=O)CCCCCOCCCN1CCOCC1.CC(C)(C)C(=O)NCCCC(=O)O.OCCCN1CCOCC1. The highest BCUT2D eigenvalue weighted by Crippen LogP contribution is 2.18. The molecule has 260 valence electrons. The van der Waals surface area contributed by atoms with Gasteiger partial charge < -0.3 is 29.7 Å². The molecule has 0 aliphatic carbocycles. The van der Waals surface area contributed by atoms with Crippen LogP contribution in [0.4, 0.5) is 0 Å². The van der Waals surface area contributed by atoms with E-state index in [1.165, 1.54) is 0 Å². The molecule has 2 heterocycles. The van der Waals surface area contributed by atoms with Crippen LogP contribution in [0.3, 0.4) is 0 Å². The van der Waals surface area contributed by atoms with Crippen LogP contribution >= 0.6 is 0 Å². The van der Waals surface area contributed by atoms with Crippen molar-refractivity contribution >= 4 is 17.7 Å². The molecule has 44 heavy (non-hydrogen) atoms. The van der Waals surface area contributed by atoms with E-state index in [1.54, 1.807) is 0 Å². The predicted octanol–water partition coefficient (Wildman–Crippen LogP) is 3.62. The number of hydrogen-bond donors (Lipinski definition) is 3. The lowest BCUT2D eigenvalue weighted by molar-refractivity contribution is -0.137. The average molecular weight is 632 g/mol. The van der Waals surface area contributed by atoms with Gasteiger partial charge in [-0.15, -0.1) is 0 Å². The van der Waals surface area contributed by atoms with E-state index in [0.717, 1.165) is 111 Å². The average Bonchev–Trinajstić information content (AvgIpc) is 2.98. The maximum absolute atomic E-state index is 11.7. The van der Waals surface area contributed by atoms with E-state index in [0.29, 0.717) is 31.8 Å². The van der Waals surface area contributed by atoms with Crippen molar-refractivity contribution in [1.29, 1.82) is 0 Å². The molecule has 0 aromatic heterocycles. The van der Waals surface area contributed by atoms with Crippen LogP contribution in [0.1, 0.15) is 92.9 Å². The summed E-state index contributed by atoms with van der Waals surface area (Å²) in [6, 6.07) is 0. The van der Waals surface area contributed by atoms with Crippen molar-refractivity contribution in [3.05, 3.63) is 0 Å². The van der Waals surface area contributed by atoms with Gasteiger partial charge in [-0.25, -0.2) is 0 Å². The van der Waals surface area contributed by atoms with Crippen LogP contribution in [0, 0.1) is 10.8 Å². The number of hydrogen-bond acceptors (Lipinski definition) is 9. The summed E-state index contributed by atoms with van der Waals surface area (Å²) in [7, 11) is 0. The number of amides is 1. The number of ketones is 1. The number of Topliss-reactive ketones (excluding diaryl/α,β-unsaturated/α-hetero) is 1. The third-order valence-electron chi connectivity index (χ3n) is 7.17. The number of morpholine rings is 2. The highest BCUT2D eigenvalue weighted by Gasteiger charge is 2.21. The number of nitrogens with zero attached hydrogens (tertiary/aromatic N) is 2. The Morgan fingerprint density at radius 1 is 0.705 bits per heavy atom. The molecule has 0 radical (unpaired) electrons. The molecule has 0 atom stereocenters. The van der Waals surface area contributed by atoms with Gasteiger partial charge in [0.2, 0.25) is 5.91 Å². The van der Waals surface area contributed by atoms with Crippen LogP contribution in [0.15, 0.2) is 0 Å². The standard InChI is InChI=1S/C17H33NO3.C9H17NO3.C7H15NO2/c1-17(2,3)16(19)8-5-4-6-12-20-13-7-9-18-10-14-21-15-11-18;1-9(2,3)8(13)10-6-4-5-7(11)12;9-5-1-2-8-3-6-10-7-4-8/h4-15H2,1-3H3;4-6H2,1-3H3,(H,10,13)(H,11,12);9H,1-7H2. The zero-order chi connectivity index (χ0) is 33.3. The van der Waals surface area contributed by atoms with Gasteiger partial charge in [-0.05, 0) is 32.1 Å². The molecule has 2 saturated heterocycles. The first-order chi connectivity index (χ1) is 20.8. The van der Waals surface area contributed by atoms with Gasteiger partial charge in [-0.3, -0.25) is 24.2 Å². The van der Waals surface area contributed by atoms with Gasteiger partial charge in [0.25, 0.3) is 0 Å². The van der Waals surface area contributed by atoms with Crippen LogP contribution < -0.4 is 5.32 Å². The number of aliphatic hydroxyl groups excluding tert-OH is 1. The fourth-order valence-corrected chi connectivity index (χ4v) is 4.18. The van der Waals surface area contributed by atoms with E-state index in [4.69, 9.17) is 24.4 Å². The van der Waals surface area contributed by atoms with Crippen molar-refractivity contribution in [2.45, 2.75) is 92.9 Å². The number of aliphatic carboxylic acids is 1. The normalized spacial score (nSPS) is 16.2. The van der Waals surface area contributed by atoms with Crippen LogP contribution in [-0.4, -0.2) is 130 Å². The molecule has 2 aliphatic heterocycles. The quantitative estimate of drug-likeness (QED) is 0.204. The molecule has 3 N–H and O–H groups in total. The Morgan fingerprint density at radius 3 is 1.70 bits per heavy atom. The van der Waals surface area contributed by atoms with Crippen molar-refractivity contribution < 1.29 is 38.8 Å². The van der Waals surface area contributed by atoms with Crippen molar-refractivity contribution in [2.75, 3.05) is 92.1 Å². The minimum atomic E-state index is -0.829. The van der Waals surface area contributed by atoms with E-state index in [2.05, 4.69) is 15.1 Å². The van der Waals surface area contributed by atoms with Crippen LogP contribution in [-0.2, 0) is 28.6 Å². The van der Waals surface area contributed by atoms with E-state index in [9.17, 15) is 14.4 Å². The molecular formula is C33H65N3O8. The largest absolute Gasteiger partial charge is 0.481 e. The number of rotatable bonds is 17. The van der Waals surface area contributed by atoms with Crippen LogP contribution in [0.25, 0.3) is 0 Å². The zero-order valence-electron chi connectivity index (χ0n) is 28.8. The molecule has 11 heteroatoms. The van der Waals surface area contributed by atoms with Gasteiger partial charge in [0, 0.05) is 89.3 Å². The number of carboxylic acids is 1. The van der Waals surface area contributed by atoms with Gasteiger partial charge in [-0.2, -0.15) is 0 Å². The second-order valence-electron chi connectivity index (χ2n) is 13.4. The Kier molecular flexibility index (Phi) is 24.6. The molecule has 0 saturated carbocycles. The second-order valence-corrected chi connectivity index (χ2v) is 13.4. The molecule has 1 amide bonds. The molecule has 0 aromatic carbocycles. The van der Waals surface area contributed by atoms with E-state index >= 15 is 0 Å². The molecule has 0 spiro atoms. The summed E-state index contributed by atoms with van der Waals surface area (Å²) >= 11 is 0. The van der Waals surface area contributed by atoms with Gasteiger partial charge in [0.05, 0.1) is 26.4 Å². The summed E-state index contributed by atoms with van der Waals surface area (Å²) < 4.78 is 16.2. The topological polar surface area (TPSA) is 138 Å². The first kappa shape index (κ1) is 42.4. The Labute approximate surface area is 267 Å². The first-order valence-corrected chi connectivity index (χ1v) is 16.6. The molecule has 11 nitrogen and oxygen atoms in total. The highest BCUT2D eigenvalue weighted by molar-refractivity contribution is 5.83. The monoisotopic (exact) mass is 631 g/mol. The smallest absolute Gasteiger partial charge is 0.303 e. The summed E-state index contributed by atoms with van der Waals surface area (Å²) in [6.07, 6.45) is 6.43. The highest BCUT2D eigenvalue weighted by atomic mass is 16.5. The van der Waals surface area contributed by atoms with E-state index in [1.807, 2.05) is 41.5 Å². The lowest BCUT2D eigenvalue weighted by Gasteiger charge is -2.26. The predicted molar refractivity (Wildman–Crippen MR) is 174 cm³/mol. The van der Waals surface area contributed by atoms with Gasteiger partial charge in [0.15, 0.2) is 0 Å². The number of aliphatic hydroxyl groups is 1. The van der Waals surface area contributed by atoms with Crippen LogP contribution in [0.5, 0.6) is 0 Å². The molecule has 0 unspecified atom stereocenters. The van der Waals surface area contributed by atoms with Crippen LogP contribution in [0.2, 0.25) is 0 Å². The summed E-state index contributed by atoms with van der Waals surface area (Å²) in [5.74, 6) is -0.503. The zero-order valence-corrected chi connectivity index (χ0v) is 28.8. The number of nitrogens with one attached hydrogen (secondary N) is 1. The Morgan fingerprint density at radius 2 is 1.23 bits per heavy atom. The molecule has 0 bridgehead atoms. The summed E-state index contributed by atoms with van der Waals surface area (Å²) in [4.78, 5) is 37.9. The number of unbranched alkanes of at least 4 members (excludes halogenated alkanes) is 2. The maximum Gasteiger partial charge on any atom is 0.303 e. The summed E-state index contributed by atoms with van der Waals surface area (Å²) in [5.41, 5.74) is -0.584. The molecule has 2 aliphatic rings. The summed E-state index contributed by atoms with van der Waals surface area (Å²) in [6.45, 7) is 23.6. The fourth-order valence-electron chi connectivity index (χ4n) is 4.18. The lowest BCUT2D eigenvalue weighted by atomic mass is 9.88. The van der Waals surface area contributed by atoms with Crippen molar-refractivity contribution in [1.82, 2.24) is 15.1 Å². The van der Waals surface area contributed by atoms with E-state index in [-0.39, 0.29) is 17.7 Å². The van der Waals surface area contributed by atoms with Gasteiger partial charge in [-0.1, -0.05) is 48.0 Å². The van der Waals surface area contributed by atoms with Gasteiger partial charge in [0.1, 0.15) is 5.78 Å². The Bertz CT molecular complexity index is 740. The second kappa shape index (κ2) is 25.5. The molecule has 0 aromatic rings. The number of ether oxygens (including phenoxy) is 3. The number of carbonyl (C=O) groups excluding carboxylic acids is 2. The molecule has 2 fully saturated rings. The minimum Gasteiger partial charge on any atom is -0.481 e. The van der Waals surface area contributed by atoms with Crippen molar-refractivity contribution in [3.8, 4) is 0 Å². The minimum absolute atomic E-state index is 0.0436. The van der Waals surface area contributed by atoms with Crippen molar-refractivity contribution in [2.24, 2.45) is 10.8 Å². The lowest BCUT2D eigenvalue weighted by Crippen LogP contribution is -2.37. The third-order valence-corrected chi connectivity index (χ3v) is 7.17. The van der Waals surface area contributed by atoms with Crippen molar-refractivity contribution in [3.63, 3.8) is 0 Å². The van der Waals surface area contributed by atoms with Gasteiger partial charge >= 0.3 is 5.97 Å². The summed E-state index contributed by atoms with van der Waals surface area (Å²) in [5, 5.41) is 19.5. The fraction of sp³-hybridized carbons (Fsp3) is 0.909. The third kappa shape index (κ3) is 25.7. The number of carbonyl (C=O) groups is 3. The molecular weight excluding hydrogens is 566 g/mol. The Balaban J connectivity index is 0.000000686. The first-order valence-electron chi connectivity index (χ1n) is 16.6. The Hall–Kier alpha value is -1.63. The van der Waals surface area contributed by atoms with E-state index < -0.39 is 11.4 Å². The maximum atomic E-state index is 11.7. The molecule has 2 rings (SSSR count).